The maximum absolute atomic E-state index is 12.5. The molecule has 0 heterocycles. The highest BCUT2D eigenvalue weighted by atomic mass is 16.6. The normalized spacial score (nSPS) is 12.0. The maximum atomic E-state index is 12.5. The molecule has 0 saturated carbocycles. The van der Waals surface area contributed by atoms with Crippen LogP contribution >= 0.6 is 0 Å². The van der Waals surface area contributed by atoms with Gasteiger partial charge in [-0.05, 0) is 44.9 Å². The molecule has 47 heavy (non-hydrogen) atoms. The number of allylic oxidation sites excluding steroid dienone is 2. The van der Waals surface area contributed by atoms with Crippen molar-refractivity contribution < 1.29 is 28.6 Å². The lowest BCUT2D eigenvalue weighted by molar-refractivity contribution is -0.167. The highest BCUT2D eigenvalue weighted by Gasteiger charge is 2.19. The van der Waals surface area contributed by atoms with Gasteiger partial charge in [-0.2, -0.15) is 0 Å². The van der Waals surface area contributed by atoms with Crippen LogP contribution in [-0.2, 0) is 28.6 Å². The second kappa shape index (κ2) is 37.0. The van der Waals surface area contributed by atoms with Crippen LogP contribution in [0.2, 0.25) is 0 Å². The topological polar surface area (TPSA) is 78.9 Å². The molecule has 0 aliphatic carbocycles. The van der Waals surface area contributed by atoms with E-state index in [1.807, 2.05) is 0 Å². The van der Waals surface area contributed by atoms with Gasteiger partial charge in [-0.1, -0.05) is 161 Å². The van der Waals surface area contributed by atoms with Crippen LogP contribution in [-0.4, -0.2) is 37.2 Å². The van der Waals surface area contributed by atoms with E-state index in [1.165, 1.54) is 116 Å². The Labute approximate surface area is 290 Å². The van der Waals surface area contributed by atoms with E-state index in [1.54, 1.807) is 0 Å². The van der Waals surface area contributed by atoms with Gasteiger partial charge in [0, 0.05) is 19.3 Å². The predicted octanol–water partition coefficient (Wildman–Crippen LogP) is 12.3. The average molecular weight is 665 g/mol. The molecular formula is C41H76O6. The Kier molecular flexibility index (Phi) is 35.5. The summed E-state index contributed by atoms with van der Waals surface area (Å²) in [5, 5.41) is 0. The summed E-state index contributed by atoms with van der Waals surface area (Å²) in [6.45, 7) is 6.50. The number of carbonyl (C=O) groups excluding carboxylic acids is 3. The third-order valence-corrected chi connectivity index (χ3v) is 8.77. The first-order valence-electron chi connectivity index (χ1n) is 20.2. The van der Waals surface area contributed by atoms with Gasteiger partial charge in [-0.15, -0.1) is 0 Å². The van der Waals surface area contributed by atoms with E-state index in [-0.39, 0.29) is 31.1 Å². The van der Waals surface area contributed by atoms with Gasteiger partial charge in [0.2, 0.25) is 0 Å². The van der Waals surface area contributed by atoms with Gasteiger partial charge < -0.3 is 14.2 Å². The van der Waals surface area contributed by atoms with E-state index in [9.17, 15) is 14.4 Å². The van der Waals surface area contributed by atoms with Crippen molar-refractivity contribution in [1.29, 1.82) is 0 Å². The zero-order chi connectivity index (χ0) is 34.5. The van der Waals surface area contributed by atoms with Gasteiger partial charge in [0.1, 0.15) is 13.2 Å². The van der Waals surface area contributed by atoms with E-state index in [0.717, 1.165) is 57.8 Å². The molecule has 0 fully saturated rings. The van der Waals surface area contributed by atoms with E-state index < -0.39 is 6.10 Å². The molecule has 0 rings (SSSR count). The van der Waals surface area contributed by atoms with Gasteiger partial charge in [0.25, 0.3) is 0 Å². The smallest absolute Gasteiger partial charge is 0.306 e. The molecule has 0 aromatic rings. The molecular weight excluding hydrogens is 588 g/mol. The lowest BCUT2D eigenvalue weighted by atomic mass is 10.1. The van der Waals surface area contributed by atoms with E-state index in [2.05, 4.69) is 32.9 Å². The van der Waals surface area contributed by atoms with Crippen molar-refractivity contribution in [2.24, 2.45) is 0 Å². The highest BCUT2D eigenvalue weighted by molar-refractivity contribution is 5.71. The first kappa shape index (κ1) is 45.2. The Morgan fingerprint density at radius 3 is 1.06 bits per heavy atom. The van der Waals surface area contributed by atoms with Gasteiger partial charge >= 0.3 is 17.9 Å². The molecule has 6 nitrogen and oxygen atoms in total. The van der Waals surface area contributed by atoms with E-state index in [0.29, 0.717) is 19.3 Å². The second-order valence-electron chi connectivity index (χ2n) is 13.6. The van der Waals surface area contributed by atoms with Gasteiger partial charge in [0.05, 0.1) is 0 Å². The van der Waals surface area contributed by atoms with Crippen LogP contribution in [0.1, 0.15) is 213 Å². The molecule has 0 saturated heterocycles. The standard InChI is InChI=1S/C41H76O6/c1-4-7-10-13-16-17-18-19-20-21-22-23-24-25-26-29-31-34-40(43)46-37-38(47-41(44)35-32-28-15-12-9-6-3)36-45-39(42)33-30-27-14-11-8-5-2/h19-20,38H,4-18,21-37H2,1-3H3/b20-19-. The van der Waals surface area contributed by atoms with E-state index >= 15 is 0 Å². The number of carbonyl (C=O) groups is 3. The third kappa shape index (κ3) is 35.3. The summed E-state index contributed by atoms with van der Waals surface area (Å²) >= 11 is 0. The molecule has 1 atom stereocenters. The summed E-state index contributed by atoms with van der Waals surface area (Å²) < 4.78 is 16.5. The average Bonchev–Trinajstić information content (AvgIpc) is 3.06. The first-order valence-corrected chi connectivity index (χ1v) is 20.2. The molecule has 0 aliphatic rings. The van der Waals surface area contributed by atoms with E-state index in [4.69, 9.17) is 14.2 Å². The monoisotopic (exact) mass is 665 g/mol. The zero-order valence-electron chi connectivity index (χ0n) is 31.3. The van der Waals surface area contributed by atoms with Crippen molar-refractivity contribution in [1.82, 2.24) is 0 Å². The molecule has 0 aromatic heterocycles. The Morgan fingerprint density at radius 2 is 0.702 bits per heavy atom. The Morgan fingerprint density at radius 1 is 0.404 bits per heavy atom. The Bertz CT molecular complexity index is 733. The van der Waals surface area contributed by atoms with Crippen molar-refractivity contribution in [2.75, 3.05) is 13.2 Å². The minimum atomic E-state index is -0.759. The van der Waals surface area contributed by atoms with Crippen LogP contribution in [0.4, 0.5) is 0 Å². The minimum absolute atomic E-state index is 0.0703. The van der Waals surface area contributed by atoms with Crippen LogP contribution in [0.3, 0.4) is 0 Å². The minimum Gasteiger partial charge on any atom is -0.462 e. The van der Waals surface area contributed by atoms with Gasteiger partial charge in [0.15, 0.2) is 6.10 Å². The first-order chi connectivity index (χ1) is 23.0. The number of unbranched alkanes of at least 4 members (excludes halogenated alkanes) is 23. The van der Waals surface area contributed by atoms with Crippen molar-refractivity contribution in [3.8, 4) is 0 Å². The summed E-state index contributed by atoms with van der Waals surface area (Å²) in [5.74, 6) is -0.894. The van der Waals surface area contributed by atoms with Crippen LogP contribution in [0.25, 0.3) is 0 Å². The fourth-order valence-corrected chi connectivity index (χ4v) is 5.67. The molecule has 6 heteroatoms. The molecule has 0 spiro atoms. The Hall–Kier alpha value is -1.85. The fraction of sp³-hybridized carbons (Fsp3) is 0.878. The van der Waals surface area contributed by atoms with Crippen molar-refractivity contribution in [2.45, 2.75) is 219 Å². The van der Waals surface area contributed by atoms with Crippen LogP contribution < -0.4 is 0 Å². The predicted molar refractivity (Wildman–Crippen MR) is 196 cm³/mol. The molecule has 0 radical (unpaired) electrons. The number of hydrogen-bond acceptors (Lipinski definition) is 6. The van der Waals surface area contributed by atoms with Crippen LogP contribution in [0.15, 0.2) is 12.2 Å². The molecule has 0 bridgehead atoms. The molecule has 0 N–H and O–H groups in total. The Balaban J connectivity index is 4.14. The quantitative estimate of drug-likeness (QED) is 0.0287. The number of hydrogen-bond donors (Lipinski definition) is 0. The zero-order valence-corrected chi connectivity index (χ0v) is 31.3. The third-order valence-electron chi connectivity index (χ3n) is 8.77. The summed E-state index contributed by atoms with van der Waals surface area (Å²) in [6.07, 6.45) is 36.6. The number of ether oxygens (including phenoxy) is 3. The molecule has 1 unspecified atom stereocenters. The number of esters is 3. The van der Waals surface area contributed by atoms with Gasteiger partial charge in [-0.3, -0.25) is 14.4 Å². The summed E-state index contributed by atoms with van der Waals surface area (Å²) in [6, 6.07) is 0. The fourth-order valence-electron chi connectivity index (χ4n) is 5.67. The summed E-state index contributed by atoms with van der Waals surface area (Å²) in [5.41, 5.74) is 0. The van der Waals surface area contributed by atoms with Crippen molar-refractivity contribution in [3.05, 3.63) is 12.2 Å². The highest BCUT2D eigenvalue weighted by Crippen LogP contribution is 2.13. The van der Waals surface area contributed by atoms with Crippen molar-refractivity contribution in [3.63, 3.8) is 0 Å². The van der Waals surface area contributed by atoms with Crippen LogP contribution in [0, 0.1) is 0 Å². The number of rotatable bonds is 36. The van der Waals surface area contributed by atoms with Crippen molar-refractivity contribution >= 4 is 17.9 Å². The molecule has 0 amide bonds. The largest absolute Gasteiger partial charge is 0.462 e. The van der Waals surface area contributed by atoms with Gasteiger partial charge in [-0.25, -0.2) is 0 Å². The lowest BCUT2D eigenvalue weighted by Crippen LogP contribution is -2.30. The van der Waals surface area contributed by atoms with Crippen LogP contribution in [0.5, 0.6) is 0 Å². The maximum Gasteiger partial charge on any atom is 0.306 e. The summed E-state index contributed by atoms with van der Waals surface area (Å²) in [4.78, 5) is 37.1. The lowest BCUT2D eigenvalue weighted by Gasteiger charge is -2.18. The summed E-state index contributed by atoms with van der Waals surface area (Å²) in [7, 11) is 0. The molecule has 276 valence electrons. The SMILES string of the molecule is CCCCCCCC/C=C\CCCCCCCCCC(=O)OCC(COC(=O)CCCCCCCC)OC(=O)CCCCCCCC. The second-order valence-corrected chi connectivity index (χ2v) is 13.6. The molecule has 0 aliphatic heterocycles. The molecule has 0 aromatic carbocycles.